The van der Waals surface area contributed by atoms with E-state index in [1.165, 1.54) is 0 Å². The van der Waals surface area contributed by atoms with Gasteiger partial charge in [-0.15, -0.1) is 0 Å². The summed E-state index contributed by atoms with van der Waals surface area (Å²) in [6.07, 6.45) is 1.74. The summed E-state index contributed by atoms with van der Waals surface area (Å²) >= 11 is 0. The standard InChI is InChI=1S/C18H16N6O2/c1-10-20-15(23-8-13-14(9-23)18(26)22-17(13)25)12-7-19-24(16(12)21-10)11-5-3-2-4-6-11/h2-7,13-14H,8-9H2,1H3,(H,22,25,26)/t13-,14+. The molecule has 0 aliphatic carbocycles. The molecular weight excluding hydrogens is 332 g/mol. The van der Waals surface area contributed by atoms with Gasteiger partial charge in [-0.3, -0.25) is 14.9 Å². The number of benzene rings is 1. The molecule has 8 heteroatoms. The SMILES string of the molecule is Cc1nc(N2C[C@@H]3C(=O)NC(=O)[C@@H]3C2)c2cnn(-c3ccccc3)c2n1. The molecule has 0 saturated carbocycles. The van der Waals surface area contributed by atoms with Gasteiger partial charge >= 0.3 is 0 Å². The molecule has 2 aliphatic rings. The van der Waals surface area contributed by atoms with Crippen LogP contribution in [0, 0.1) is 18.8 Å². The second-order valence-corrected chi connectivity index (χ2v) is 6.70. The van der Waals surface area contributed by atoms with Gasteiger partial charge in [0, 0.05) is 13.1 Å². The molecule has 2 aromatic heterocycles. The van der Waals surface area contributed by atoms with Crippen LogP contribution in [0.25, 0.3) is 16.7 Å². The van der Waals surface area contributed by atoms with Gasteiger partial charge < -0.3 is 4.90 Å². The number of nitrogens with zero attached hydrogens (tertiary/aromatic N) is 5. The number of amides is 2. The van der Waals surface area contributed by atoms with Gasteiger partial charge in [-0.05, 0) is 19.1 Å². The lowest BCUT2D eigenvalue weighted by Gasteiger charge is -2.19. The lowest BCUT2D eigenvalue weighted by Crippen LogP contribution is -2.32. The number of carbonyl (C=O) groups excluding carboxylic acids is 2. The van der Waals surface area contributed by atoms with Crippen molar-refractivity contribution in [3.05, 3.63) is 42.4 Å². The Labute approximate surface area is 148 Å². The average Bonchev–Trinajstić information content (AvgIpc) is 3.31. The van der Waals surface area contributed by atoms with E-state index in [0.717, 1.165) is 16.9 Å². The van der Waals surface area contributed by atoms with E-state index in [1.807, 2.05) is 42.2 Å². The van der Waals surface area contributed by atoms with E-state index < -0.39 is 0 Å². The number of hydrogen-bond donors (Lipinski definition) is 1. The molecule has 1 N–H and O–H groups in total. The normalized spacial score (nSPS) is 22.1. The van der Waals surface area contributed by atoms with Crippen molar-refractivity contribution in [3.63, 3.8) is 0 Å². The first-order valence-corrected chi connectivity index (χ1v) is 8.49. The Morgan fingerprint density at radius 2 is 1.73 bits per heavy atom. The molecule has 2 saturated heterocycles. The van der Waals surface area contributed by atoms with E-state index >= 15 is 0 Å². The van der Waals surface area contributed by atoms with Crippen LogP contribution in [0.15, 0.2) is 36.5 Å². The van der Waals surface area contributed by atoms with E-state index in [0.29, 0.717) is 24.6 Å². The topological polar surface area (TPSA) is 93.0 Å². The molecule has 1 aromatic carbocycles. The zero-order valence-electron chi connectivity index (χ0n) is 14.1. The Hall–Kier alpha value is -3.29. The molecule has 2 fully saturated rings. The van der Waals surface area contributed by atoms with Gasteiger partial charge in [-0.2, -0.15) is 5.10 Å². The highest BCUT2D eigenvalue weighted by molar-refractivity contribution is 6.06. The zero-order chi connectivity index (χ0) is 17.8. The maximum Gasteiger partial charge on any atom is 0.232 e. The summed E-state index contributed by atoms with van der Waals surface area (Å²) in [5, 5.41) is 7.71. The molecule has 2 atom stereocenters. The molecule has 2 aliphatic heterocycles. The number of hydrogen-bond acceptors (Lipinski definition) is 6. The Kier molecular flexibility index (Phi) is 3.09. The van der Waals surface area contributed by atoms with Crippen LogP contribution < -0.4 is 10.2 Å². The van der Waals surface area contributed by atoms with E-state index in [-0.39, 0.29) is 23.7 Å². The summed E-state index contributed by atoms with van der Waals surface area (Å²) in [5.41, 5.74) is 1.63. The molecule has 26 heavy (non-hydrogen) atoms. The van der Waals surface area contributed by atoms with Crippen molar-refractivity contribution in [2.45, 2.75) is 6.92 Å². The number of fused-ring (bicyclic) bond motifs is 2. The van der Waals surface area contributed by atoms with Gasteiger partial charge in [0.1, 0.15) is 11.6 Å². The Balaban J connectivity index is 1.60. The number of aryl methyl sites for hydroxylation is 1. The monoisotopic (exact) mass is 348 g/mol. The van der Waals surface area contributed by atoms with E-state index in [2.05, 4.69) is 20.4 Å². The number of carbonyl (C=O) groups is 2. The van der Waals surface area contributed by atoms with Crippen LogP contribution in [0.5, 0.6) is 0 Å². The number of imide groups is 1. The Morgan fingerprint density at radius 1 is 1.04 bits per heavy atom. The molecule has 0 radical (unpaired) electrons. The maximum absolute atomic E-state index is 12.0. The fourth-order valence-electron chi connectivity index (χ4n) is 3.81. The first kappa shape index (κ1) is 15.0. The molecule has 0 unspecified atom stereocenters. The average molecular weight is 348 g/mol. The highest BCUT2D eigenvalue weighted by Crippen LogP contribution is 2.34. The van der Waals surface area contributed by atoms with Crippen molar-refractivity contribution >= 4 is 28.7 Å². The van der Waals surface area contributed by atoms with Crippen LogP contribution in [0.2, 0.25) is 0 Å². The number of rotatable bonds is 2. The summed E-state index contributed by atoms with van der Waals surface area (Å²) in [6.45, 7) is 2.79. The zero-order valence-corrected chi connectivity index (χ0v) is 14.1. The van der Waals surface area contributed by atoms with Crippen molar-refractivity contribution in [1.29, 1.82) is 0 Å². The second kappa shape index (κ2) is 5.35. The lowest BCUT2D eigenvalue weighted by atomic mass is 10.00. The van der Waals surface area contributed by atoms with E-state index in [9.17, 15) is 9.59 Å². The molecular formula is C18H16N6O2. The minimum atomic E-state index is -0.308. The predicted octanol–water partition coefficient (Wildman–Crippen LogP) is 0.833. The summed E-state index contributed by atoms with van der Waals surface area (Å²) in [4.78, 5) is 35.1. The third kappa shape index (κ3) is 2.11. The first-order chi connectivity index (χ1) is 12.6. The smallest absolute Gasteiger partial charge is 0.232 e. The van der Waals surface area contributed by atoms with Crippen molar-refractivity contribution in [1.82, 2.24) is 25.1 Å². The third-order valence-corrected chi connectivity index (χ3v) is 5.06. The second-order valence-electron chi connectivity index (χ2n) is 6.70. The quantitative estimate of drug-likeness (QED) is 0.690. The molecule has 2 amide bonds. The lowest BCUT2D eigenvalue weighted by molar-refractivity contribution is -0.126. The van der Waals surface area contributed by atoms with E-state index in [1.54, 1.807) is 10.9 Å². The van der Waals surface area contributed by atoms with Gasteiger partial charge in [0.15, 0.2) is 5.65 Å². The predicted molar refractivity (Wildman–Crippen MR) is 93.7 cm³/mol. The molecule has 8 nitrogen and oxygen atoms in total. The van der Waals surface area contributed by atoms with Crippen LogP contribution in [-0.4, -0.2) is 44.7 Å². The van der Waals surface area contributed by atoms with Crippen LogP contribution >= 0.6 is 0 Å². The Bertz CT molecular complexity index is 1020. The third-order valence-electron chi connectivity index (χ3n) is 5.06. The molecule has 4 heterocycles. The first-order valence-electron chi connectivity index (χ1n) is 8.49. The fourth-order valence-corrected chi connectivity index (χ4v) is 3.81. The number of aromatic nitrogens is 4. The van der Waals surface area contributed by atoms with Crippen molar-refractivity contribution in [2.75, 3.05) is 18.0 Å². The number of anilines is 1. The van der Waals surface area contributed by atoms with Crippen LogP contribution in [0.1, 0.15) is 5.82 Å². The van der Waals surface area contributed by atoms with Crippen molar-refractivity contribution < 1.29 is 9.59 Å². The highest BCUT2D eigenvalue weighted by Gasteiger charge is 2.48. The van der Waals surface area contributed by atoms with Crippen LogP contribution in [0.3, 0.4) is 0 Å². The molecule has 5 rings (SSSR count). The maximum atomic E-state index is 12.0. The van der Waals surface area contributed by atoms with Crippen molar-refractivity contribution in [3.8, 4) is 5.69 Å². The van der Waals surface area contributed by atoms with Gasteiger partial charge in [-0.1, -0.05) is 18.2 Å². The molecule has 0 spiro atoms. The van der Waals surface area contributed by atoms with Gasteiger partial charge in [0.25, 0.3) is 0 Å². The molecule has 3 aromatic rings. The summed E-state index contributed by atoms with van der Waals surface area (Å²) in [7, 11) is 0. The Morgan fingerprint density at radius 3 is 2.42 bits per heavy atom. The molecule has 0 bridgehead atoms. The molecule has 130 valence electrons. The van der Waals surface area contributed by atoms with Gasteiger partial charge in [-0.25, -0.2) is 14.6 Å². The number of nitrogens with one attached hydrogen (secondary N) is 1. The highest BCUT2D eigenvalue weighted by atomic mass is 16.2. The van der Waals surface area contributed by atoms with Gasteiger partial charge in [0.05, 0.1) is 29.1 Å². The van der Waals surface area contributed by atoms with Crippen LogP contribution in [-0.2, 0) is 9.59 Å². The largest absolute Gasteiger partial charge is 0.354 e. The fraction of sp³-hybridized carbons (Fsp3) is 0.278. The van der Waals surface area contributed by atoms with E-state index in [4.69, 9.17) is 0 Å². The van der Waals surface area contributed by atoms with Gasteiger partial charge in [0.2, 0.25) is 11.8 Å². The van der Waals surface area contributed by atoms with Crippen molar-refractivity contribution in [2.24, 2.45) is 11.8 Å². The number of para-hydroxylation sites is 1. The summed E-state index contributed by atoms with van der Waals surface area (Å²) < 4.78 is 1.78. The minimum Gasteiger partial charge on any atom is -0.354 e. The minimum absolute atomic E-state index is 0.190. The van der Waals surface area contributed by atoms with Crippen LogP contribution in [0.4, 0.5) is 5.82 Å². The summed E-state index contributed by atoms with van der Waals surface area (Å²) in [6, 6.07) is 9.78. The summed E-state index contributed by atoms with van der Waals surface area (Å²) in [5.74, 6) is 0.352.